The SMILES string of the molecule is C[C@@]1(O)CC[C@H]2[C@H](CC[C@@H]3[C@@H]2CC[C@]2(C)[C@@H](C(=O)CNC4C5CC6CC4CC(O)(C6)C5)CC[C@@H]32)C1. The topological polar surface area (TPSA) is 69.6 Å². The van der Waals surface area contributed by atoms with Crippen LogP contribution in [0.4, 0.5) is 0 Å². The van der Waals surface area contributed by atoms with Gasteiger partial charge < -0.3 is 15.5 Å². The number of fused-ring (bicyclic) bond motifs is 5. The molecule has 0 spiro atoms. The highest BCUT2D eigenvalue weighted by molar-refractivity contribution is 5.84. The minimum atomic E-state index is -0.440. The van der Waals surface area contributed by atoms with E-state index in [0.717, 1.165) is 74.0 Å². The Labute approximate surface area is 212 Å². The molecule has 3 N–H and O–H groups in total. The summed E-state index contributed by atoms with van der Waals surface area (Å²) in [5.41, 5.74) is -0.632. The summed E-state index contributed by atoms with van der Waals surface area (Å²) in [4.78, 5) is 13.7. The van der Waals surface area contributed by atoms with Crippen LogP contribution in [0.2, 0.25) is 0 Å². The van der Waals surface area contributed by atoms with Crippen LogP contribution in [0.1, 0.15) is 104 Å². The average molecular weight is 484 g/mol. The quantitative estimate of drug-likeness (QED) is 0.520. The molecule has 2 unspecified atom stereocenters. The average Bonchev–Trinajstić information content (AvgIpc) is 3.13. The molecule has 4 nitrogen and oxygen atoms in total. The van der Waals surface area contributed by atoms with Gasteiger partial charge in [-0.25, -0.2) is 0 Å². The van der Waals surface area contributed by atoms with Crippen LogP contribution in [0, 0.1) is 58.7 Å². The molecule has 0 aromatic carbocycles. The number of rotatable bonds is 4. The Hall–Kier alpha value is -0.450. The van der Waals surface area contributed by atoms with Crippen molar-refractivity contribution in [1.82, 2.24) is 5.32 Å². The van der Waals surface area contributed by atoms with Gasteiger partial charge in [-0.05, 0) is 150 Å². The Morgan fingerprint density at radius 1 is 0.800 bits per heavy atom. The summed E-state index contributed by atoms with van der Waals surface area (Å²) < 4.78 is 0. The number of ketones is 1. The second-order valence-electron chi connectivity index (χ2n) is 15.4. The van der Waals surface area contributed by atoms with Gasteiger partial charge in [0.15, 0.2) is 0 Å². The Bertz CT molecular complexity index is 853. The normalized spacial score (nSPS) is 58.5. The van der Waals surface area contributed by atoms with E-state index >= 15 is 0 Å². The van der Waals surface area contributed by atoms with E-state index in [0.29, 0.717) is 30.2 Å². The van der Waals surface area contributed by atoms with Gasteiger partial charge in [-0.3, -0.25) is 4.79 Å². The molecule has 196 valence electrons. The molecule has 0 aliphatic heterocycles. The number of hydrogen-bond donors (Lipinski definition) is 3. The number of hydrogen-bond acceptors (Lipinski definition) is 4. The van der Waals surface area contributed by atoms with Crippen molar-refractivity contribution in [2.24, 2.45) is 58.7 Å². The standard InChI is InChI=1S/C31H49NO3/c1-29(34)9-7-22-19(14-29)3-4-24-23(22)8-10-30(2)25(24)5-6-26(30)27(33)17-32-28-20-11-18-12-21(28)16-31(35,13-18)15-20/h18-26,28,32,34-35H,3-17H2,1-2H3/t18?,19-,20?,21?,22+,23-,24-,25+,26-,28?,29-,30+,31?/m1/s1. The third-order valence-corrected chi connectivity index (χ3v) is 13.4. The van der Waals surface area contributed by atoms with E-state index in [1.165, 1.54) is 51.4 Å². The summed E-state index contributed by atoms with van der Waals surface area (Å²) in [5.74, 6) is 6.54. The van der Waals surface area contributed by atoms with E-state index < -0.39 is 11.2 Å². The zero-order chi connectivity index (χ0) is 24.2. The summed E-state index contributed by atoms with van der Waals surface area (Å²) in [6.45, 7) is 5.10. The third-order valence-electron chi connectivity index (χ3n) is 13.4. The third kappa shape index (κ3) is 3.74. The molecule has 0 saturated heterocycles. The van der Waals surface area contributed by atoms with Crippen molar-refractivity contribution < 1.29 is 15.0 Å². The predicted octanol–water partition coefficient (Wildman–Crippen LogP) is 5.10. The van der Waals surface area contributed by atoms with E-state index in [9.17, 15) is 15.0 Å². The molecular weight excluding hydrogens is 434 g/mol. The zero-order valence-electron chi connectivity index (χ0n) is 22.2. The largest absolute Gasteiger partial charge is 0.390 e. The van der Waals surface area contributed by atoms with Crippen molar-refractivity contribution in [2.75, 3.05) is 6.54 Å². The number of Topliss-reactive ketones (excluding diaryl/α,β-unsaturated/α-hetero) is 1. The van der Waals surface area contributed by atoms with Crippen LogP contribution in [0.5, 0.6) is 0 Å². The van der Waals surface area contributed by atoms with Crippen molar-refractivity contribution in [3.8, 4) is 0 Å². The molecule has 0 heterocycles. The van der Waals surface area contributed by atoms with E-state index in [1.807, 2.05) is 0 Å². The molecule has 4 heteroatoms. The number of aliphatic hydroxyl groups is 2. The van der Waals surface area contributed by atoms with Gasteiger partial charge >= 0.3 is 0 Å². The van der Waals surface area contributed by atoms with Gasteiger partial charge in [-0.1, -0.05) is 6.92 Å². The summed E-state index contributed by atoms with van der Waals surface area (Å²) in [6.07, 6.45) is 16.2. The first kappa shape index (κ1) is 23.7. The molecule has 8 fully saturated rings. The number of nitrogens with one attached hydrogen (secondary N) is 1. The Morgan fingerprint density at radius 2 is 1.54 bits per heavy atom. The van der Waals surface area contributed by atoms with Crippen LogP contribution in [-0.4, -0.2) is 39.8 Å². The van der Waals surface area contributed by atoms with Gasteiger partial charge in [-0.15, -0.1) is 0 Å². The van der Waals surface area contributed by atoms with Crippen molar-refractivity contribution in [1.29, 1.82) is 0 Å². The fourth-order valence-corrected chi connectivity index (χ4v) is 12.3. The van der Waals surface area contributed by atoms with E-state index in [1.54, 1.807) is 0 Å². The van der Waals surface area contributed by atoms with Crippen LogP contribution in [0.3, 0.4) is 0 Å². The first-order chi connectivity index (χ1) is 16.6. The fourth-order valence-electron chi connectivity index (χ4n) is 12.3. The zero-order valence-corrected chi connectivity index (χ0v) is 22.2. The molecule has 4 bridgehead atoms. The lowest BCUT2D eigenvalue weighted by atomic mass is 9.49. The highest BCUT2D eigenvalue weighted by Gasteiger charge is 2.59. The van der Waals surface area contributed by atoms with Gasteiger partial charge in [0.2, 0.25) is 0 Å². The monoisotopic (exact) mass is 483 g/mol. The molecule has 8 saturated carbocycles. The summed E-state index contributed by atoms with van der Waals surface area (Å²) in [5, 5.41) is 25.4. The van der Waals surface area contributed by atoms with Crippen LogP contribution in [0.25, 0.3) is 0 Å². The highest BCUT2D eigenvalue weighted by atomic mass is 16.3. The lowest BCUT2D eigenvalue weighted by Gasteiger charge is -2.58. The summed E-state index contributed by atoms with van der Waals surface area (Å²) in [7, 11) is 0. The van der Waals surface area contributed by atoms with Gasteiger partial charge in [0.25, 0.3) is 0 Å². The van der Waals surface area contributed by atoms with Gasteiger partial charge in [-0.2, -0.15) is 0 Å². The molecule has 0 aromatic heterocycles. The van der Waals surface area contributed by atoms with Crippen LogP contribution in [0.15, 0.2) is 0 Å². The van der Waals surface area contributed by atoms with E-state index in [2.05, 4.69) is 19.2 Å². The first-order valence-electron chi connectivity index (χ1n) is 15.3. The second kappa shape index (κ2) is 8.03. The maximum Gasteiger partial charge on any atom is 0.150 e. The lowest BCUT2D eigenvalue weighted by molar-refractivity contribution is -0.141. The van der Waals surface area contributed by atoms with Crippen molar-refractivity contribution in [2.45, 2.75) is 121 Å². The van der Waals surface area contributed by atoms with Crippen LogP contribution in [-0.2, 0) is 4.79 Å². The maximum absolute atomic E-state index is 13.7. The Morgan fingerprint density at radius 3 is 2.29 bits per heavy atom. The molecule has 0 radical (unpaired) electrons. The molecule has 0 aromatic rings. The van der Waals surface area contributed by atoms with Crippen LogP contribution < -0.4 is 5.32 Å². The molecule has 8 rings (SSSR count). The molecule has 10 atom stereocenters. The van der Waals surface area contributed by atoms with Crippen LogP contribution >= 0.6 is 0 Å². The molecule has 8 aliphatic rings. The molecule has 35 heavy (non-hydrogen) atoms. The first-order valence-corrected chi connectivity index (χ1v) is 15.3. The summed E-state index contributed by atoms with van der Waals surface area (Å²) in [6, 6.07) is 0.454. The van der Waals surface area contributed by atoms with Crippen molar-refractivity contribution in [3.63, 3.8) is 0 Å². The van der Waals surface area contributed by atoms with Crippen molar-refractivity contribution in [3.05, 3.63) is 0 Å². The number of carbonyl (C=O) groups excluding carboxylic acids is 1. The summed E-state index contributed by atoms with van der Waals surface area (Å²) >= 11 is 0. The van der Waals surface area contributed by atoms with E-state index in [4.69, 9.17) is 0 Å². The van der Waals surface area contributed by atoms with E-state index in [-0.39, 0.29) is 11.3 Å². The molecule has 8 aliphatic carbocycles. The Kier molecular flexibility index (Phi) is 5.42. The van der Waals surface area contributed by atoms with Gasteiger partial charge in [0, 0.05) is 12.0 Å². The Balaban J connectivity index is 1.01. The smallest absolute Gasteiger partial charge is 0.150 e. The molecular formula is C31H49NO3. The molecule has 0 amide bonds. The van der Waals surface area contributed by atoms with Gasteiger partial charge in [0.1, 0.15) is 5.78 Å². The minimum Gasteiger partial charge on any atom is -0.390 e. The van der Waals surface area contributed by atoms with Crippen molar-refractivity contribution >= 4 is 5.78 Å². The highest BCUT2D eigenvalue weighted by Crippen LogP contribution is 2.65. The number of carbonyl (C=O) groups is 1. The van der Waals surface area contributed by atoms with Gasteiger partial charge in [0.05, 0.1) is 17.7 Å². The fraction of sp³-hybridized carbons (Fsp3) is 0.968. The second-order valence-corrected chi connectivity index (χ2v) is 15.4. The predicted molar refractivity (Wildman–Crippen MR) is 137 cm³/mol. The maximum atomic E-state index is 13.7. The lowest BCUT2D eigenvalue weighted by Crippen LogP contribution is -2.61. The minimum absolute atomic E-state index is 0.201.